The summed E-state index contributed by atoms with van der Waals surface area (Å²) in [6.45, 7) is 1.82. The lowest BCUT2D eigenvalue weighted by Gasteiger charge is -2.28. The Labute approximate surface area is 140 Å². The van der Waals surface area contributed by atoms with Crippen LogP contribution in [-0.2, 0) is 9.84 Å². The molecule has 24 heavy (non-hydrogen) atoms. The van der Waals surface area contributed by atoms with Crippen LogP contribution in [0.3, 0.4) is 0 Å². The number of sulfone groups is 1. The second-order valence-corrected chi connectivity index (χ2v) is 7.62. The van der Waals surface area contributed by atoms with E-state index in [1.54, 1.807) is 12.1 Å². The van der Waals surface area contributed by atoms with Gasteiger partial charge in [0.1, 0.15) is 5.82 Å². The predicted octanol–water partition coefficient (Wildman–Crippen LogP) is 3.09. The highest BCUT2D eigenvalue weighted by molar-refractivity contribution is 7.94. The van der Waals surface area contributed by atoms with E-state index in [2.05, 4.69) is 0 Å². The first-order chi connectivity index (χ1) is 11.4. The summed E-state index contributed by atoms with van der Waals surface area (Å²) in [5, 5.41) is 1.12. The maximum atomic E-state index is 13.2. The number of carbonyl (C=O) groups excluding carboxylic acids is 1. The summed E-state index contributed by atoms with van der Waals surface area (Å²) in [7, 11) is -3.33. The molecule has 1 atom stereocenters. The van der Waals surface area contributed by atoms with Crippen LogP contribution in [0.15, 0.2) is 60.0 Å². The van der Waals surface area contributed by atoms with Crippen molar-refractivity contribution in [2.24, 2.45) is 0 Å². The molecule has 0 bridgehead atoms. The van der Waals surface area contributed by atoms with E-state index in [0.717, 1.165) is 11.0 Å². The number of carbonyl (C=O) groups is 1. The zero-order chi connectivity index (χ0) is 17.3. The number of nitrogens with zero attached hydrogens (tertiary/aromatic N) is 1. The van der Waals surface area contributed by atoms with Crippen molar-refractivity contribution in [3.63, 3.8) is 0 Å². The first-order valence-electron chi connectivity index (χ1n) is 7.43. The van der Waals surface area contributed by atoms with E-state index in [1.807, 2.05) is 19.1 Å². The first-order valence-corrected chi connectivity index (χ1v) is 9.15. The molecule has 1 heterocycles. The molecule has 0 radical (unpaired) electrons. The molecule has 6 heteroatoms. The second-order valence-electron chi connectivity index (χ2n) is 5.69. The fraction of sp³-hybridized carbons (Fsp3) is 0.167. The fourth-order valence-electron chi connectivity index (χ4n) is 2.72. The zero-order valence-electron chi connectivity index (χ0n) is 13.0. The summed E-state index contributed by atoms with van der Waals surface area (Å²) < 4.78 is 36.8. The topological polar surface area (TPSA) is 54.5 Å². The van der Waals surface area contributed by atoms with E-state index >= 15 is 0 Å². The van der Waals surface area contributed by atoms with Crippen LogP contribution in [0.1, 0.15) is 15.9 Å². The third-order valence-corrected chi connectivity index (χ3v) is 5.32. The maximum absolute atomic E-state index is 13.2. The van der Waals surface area contributed by atoms with E-state index in [0.29, 0.717) is 11.3 Å². The van der Waals surface area contributed by atoms with Gasteiger partial charge in [-0.1, -0.05) is 18.2 Å². The van der Waals surface area contributed by atoms with Crippen molar-refractivity contribution in [2.75, 3.05) is 10.7 Å². The molecule has 0 saturated carbocycles. The molecule has 0 spiro atoms. The minimum Gasteiger partial charge on any atom is -0.300 e. The summed E-state index contributed by atoms with van der Waals surface area (Å²) in [5.74, 6) is -0.912. The van der Waals surface area contributed by atoms with Crippen LogP contribution in [-0.4, -0.2) is 26.1 Å². The van der Waals surface area contributed by atoms with Crippen LogP contribution in [0.5, 0.6) is 0 Å². The Bertz CT molecular complexity index is 904. The van der Waals surface area contributed by atoms with Gasteiger partial charge in [0, 0.05) is 16.7 Å². The van der Waals surface area contributed by atoms with Gasteiger partial charge in [-0.25, -0.2) is 12.8 Å². The molecule has 2 aromatic rings. The first kappa shape index (κ1) is 16.4. The van der Waals surface area contributed by atoms with E-state index < -0.39 is 21.7 Å². The van der Waals surface area contributed by atoms with Crippen molar-refractivity contribution in [1.82, 2.24) is 0 Å². The summed E-state index contributed by atoms with van der Waals surface area (Å²) in [4.78, 5) is 14.5. The quantitative estimate of drug-likeness (QED) is 0.859. The Hall–Kier alpha value is -2.47. The largest absolute Gasteiger partial charge is 0.300 e. The van der Waals surface area contributed by atoms with E-state index in [1.165, 1.54) is 35.2 Å². The monoisotopic (exact) mass is 345 g/mol. The van der Waals surface area contributed by atoms with Crippen LogP contribution in [0.2, 0.25) is 0 Å². The van der Waals surface area contributed by atoms with Crippen LogP contribution < -0.4 is 4.90 Å². The number of amides is 1. The molecule has 0 saturated heterocycles. The van der Waals surface area contributed by atoms with E-state index in [4.69, 9.17) is 0 Å². The predicted molar refractivity (Wildman–Crippen MR) is 91.1 cm³/mol. The highest BCUT2D eigenvalue weighted by Crippen LogP contribution is 2.26. The zero-order valence-corrected chi connectivity index (χ0v) is 13.8. The van der Waals surface area contributed by atoms with Gasteiger partial charge in [-0.05, 0) is 48.9 Å². The Kier molecular flexibility index (Phi) is 4.24. The van der Waals surface area contributed by atoms with Crippen LogP contribution in [0.25, 0.3) is 0 Å². The minimum absolute atomic E-state index is 0.179. The van der Waals surface area contributed by atoms with Gasteiger partial charge in [0.15, 0.2) is 9.84 Å². The molecule has 0 N–H and O–H groups in total. The van der Waals surface area contributed by atoms with Crippen molar-refractivity contribution < 1.29 is 17.6 Å². The molecule has 2 aromatic carbocycles. The van der Waals surface area contributed by atoms with Gasteiger partial charge < -0.3 is 4.90 Å². The van der Waals surface area contributed by atoms with Gasteiger partial charge in [-0.15, -0.1) is 0 Å². The van der Waals surface area contributed by atoms with Crippen molar-refractivity contribution in [2.45, 2.75) is 13.0 Å². The SMILES string of the molecule is Cc1ccccc1C(=O)N(c1ccc(F)cc1)C1C=CS(=O)(=O)C1. The molecule has 0 aromatic heterocycles. The number of halogens is 1. The molecule has 1 aliphatic heterocycles. The lowest BCUT2D eigenvalue weighted by molar-refractivity contribution is 0.0982. The number of anilines is 1. The molecular formula is C18H16FNO3S. The highest BCUT2D eigenvalue weighted by Gasteiger charge is 2.32. The van der Waals surface area contributed by atoms with Gasteiger partial charge >= 0.3 is 0 Å². The lowest BCUT2D eigenvalue weighted by Crippen LogP contribution is -2.41. The smallest absolute Gasteiger partial charge is 0.259 e. The van der Waals surface area contributed by atoms with Gasteiger partial charge in [0.05, 0.1) is 11.8 Å². The normalized spacial score (nSPS) is 18.5. The standard InChI is InChI=1S/C18H16FNO3S/c1-13-4-2-3-5-17(13)18(21)20(15-8-6-14(19)7-9-15)16-10-11-24(22,23)12-16/h2-11,16H,12H2,1H3. The maximum Gasteiger partial charge on any atom is 0.259 e. The van der Waals surface area contributed by atoms with Crippen LogP contribution >= 0.6 is 0 Å². The number of hydrogen-bond acceptors (Lipinski definition) is 3. The Morgan fingerprint density at radius 1 is 1.12 bits per heavy atom. The molecule has 1 amide bonds. The van der Waals surface area contributed by atoms with Gasteiger partial charge in [0.2, 0.25) is 0 Å². The molecular weight excluding hydrogens is 329 g/mol. The van der Waals surface area contributed by atoms with E-state index in [-0.39, 0.29) is 11.7 Å². The average Bonchev–Trinajstić information content (AvgIpc) is 2.89. The summed E-state index contributed by atoms with van der Waals surface area (Å²) >= 11 is 0. The van der Waals surface area contributed by atoms with Crippen molar-refractivity contribution in [3.8, 4) is 0 Å². The highest BCUT2D eigenvalue weighted by atomic mass is 32.2. The van der Waals surface area contributed by atoms with Crippen molar-refractivity contribution in [1.29, 1.82) is 0 Å². The number of rotatable bonds is 3. The molecule has 3 rings (SSSR count). The lowest BCUT2D eigenvalue weighted by atomic mass is 10.1. The molecule has 0 fully saturated rings. The third kappa shape index (κ3) is 3.23. The van der Waals surface area contributed by atoms with Gasteiger partial charge in [0.25, 0.3) is 5.91 Å². The molecule has 0 aliphatic carbocycles. The Morgan fingerprint density at radius 3 is 2.38 bits per heavy atom. The van der Waals surface area contributed by atoms with Crippen LogP contribution in [0, 0.1) is 12.7 Å². The number of benzene rings is 2. The number of aryl methyl sites for hydroxylation is 1. The van der Waals surface area contributed by atoms with Crippen molar-refractivity contribution in [3.05, 3.63) is 77.0 Å². The third-order valence-electron chi connectivity index (χ3n) is 3.94. The molecule has 4 nitrogen and oxygen atoms in total. The van der Waals surface area contributed by atoms with Gasteiger partial charge in [-0.2, -0.15) is 0 Å². The molecule has 1 aliphatic rings. The van der Waals surface area contributed by atoms with E-state index in [9.17, 15) is 17.6 Å². The summed E-state index contributed by atoms with van der Waals surface area (Å²) in [6, 6.07) is 11.9. The van der Waals surface area contributed by atoms with Crippen LogP contribution in [0.4, 0.5) is 10.1 Å². The fourth-order valence-corrected chi connectivity index (χ4v) is 3.99. The van der Waals surface area contributed by atoms with Gasteiger partial charge in [-0.3, -0.25) is 4.79 Å². The molecule has 1 unspecified atom stereocenters. The Balaban J connectivity index is 2.05. The average molecular weight is 345 g/mol. The molecule has 124 valence electrons. The Morgan fingerprint density at radius 2 is 1.79 bits per heavy atom. The minimum atomic E-state index is -3.33. The van der Waals surface area contributed by atoms with Crippen molar-refractivity contribution >= 4 is 21.4 Å². The summed E-state index contributed by atoms with van der Waals surface area (Å²) in [6.07, 6.45) is 1.49. The number of hydrogen-bond donors (Lipinski definition) is 0. The second kappa shape index (κ2) is 6.20. The summed E-state index contributed by atoms with van der Waals surface area (Å²) in [5.41, 5.74) is 1.73.